The van der Waals surface area contributed by atoms with Gasteiger partial charge in [-0.25, -0.2) is 0 Å². The number of hydrogen-bond acceptors (Lipinski definition) is 4. The zero-order valence-electron chi connectivity index (χ0n) is 10.1. The van der Waals surface area contributed by atoms with Gasteiger partial charge >= 0.3 is 0 Å². The van der Waals surface area contributed by atoms with Gasteiger partial charge < -0.3 is 10.6 Å². The first-order chi connectivity index (χ1) is 8.18. The molecule has 1 aromatic rings. The molecule has 17 heavy (non-hydrogen) atoms. The molecule has 1 aliphatic carbocycles. The molecule has 4 nitrogen and oxygen atoms in total. The fourth-order valence-electron chi connectivity index (χ4n) is 2.47. The Kier molecular flexibility index (Phi) is 3.89. The van der Waals surface area contributed by atoms with Crippen LogP contribution in [0.5, 0.6) is 0 Å². The van der Waals surface area contributed by atoms with Crippen LogP contribution in [0.2, 0.25) is 0 Å². The molecule has 1 aliphatic rings. The van der Waals surface area contributed by atoms with Crippen molar-refractivity contribution in [2.24, 2.45) is 11.7 Å². The van der Waals surface area contributed by atoms with Crippen molar-refractivity contribution in [3.8, 4) is 0 Å². The van der Waals surface area contributed by atoms with E-state index in [0.717, 1.165) is 23.8 Å². The monoisotopic (exact) mass is 250 g/mol. The third-order valence-corrected chi connectivity index (χ3v) is 3.55. The fraction of sp³-hybridized carbons (Fsp3) is 0.583. The molecule has 0 aliphatic heterocycles. The third kappa shape index (κ3) is 2.91. The Labute approximate surface area is 107 Å². The third-order valence-electron chi connectivity index (χ3n) is 3.34. The van der Waals surface area contributed by atoms with E-state index < -0.39 is 0 Å². The molecule has 0 radical (unpaired) electrons. The average Bonchev–Trinajstić information content (AvgIpc) is 2.81. The highest BCUT2D eigenvalue weighted by Gasteiger charge is 2.19. The Balaban J connectivity index is 2.12. The Hall–Kier alpha value is -1.23. The first-order valence-electron chi connectivity index (χ1n) is 6.01. The molecule has 2 N–H and O–H groups in total. The lowest BCUT2D eigenvalue weighted by Crippen LogP contribution is -2.28. The van der Waals surface area contributed by atoms with Crippen LogP contribution in [-0.2, 0) is 0 Å². The summed E-state index contributed by atoms with van der Waals surface area (Å²) >= 11 is 5.03. The average molecular weight is 250 g/mol. The molecule has 0 aromatic carbocycles. The molecule has 0 bridgehead atoms. The molecule has 92 valence electrons. The van der Waals surface area contributed by atoms with E-state index in [1.54, 1.807) is 6.20 Å². The summed E-state index contributed by atoms with van der Waals surface area (Å²) in [4.78, 5) is 2.51. The van der Waals surface area contributed by atoms with Gasteiger partial charge in [0.1, 0.15) is 4.99 Å². The van der Waals surface area contributed by atoms with Crippen molar-refractivity contribution < 1.29 is 0 Å². The molecule has 1 fully saturated rings. The Morgan fingerprint density at radius 3 is 2.88 bits per heavy atom. The minimum absolute atomic E-state index is 0.383. The normalized spacial score (nSPS) is 16.1. The number of hydrogen-bond donors (Lipinski definition) is 1. The summed E-state index contributed by atoms with van der Waals surface area (Å²) in [6.45, 7) is 1.01. The van der Waals surface area contributed by atoms with Gasteiger partial charge in [-0.3, -0.25) is 0 Å². The summed E-state index contributed by atoms with van der Waals surface area (Å²) < 4.78 is 0. The minimum atomic E-state index is 0.383. The Morgan fingerprint density at radius 1 is 1.53 bits per heavy atom. The van der Waals surface area contributed by atoms with Crippen molar-refractivity contribution in [1.82, 2.24) is 10.2 Å². The molecular formula is C12H18N4S. The maximum atomic E-state index is 5.70. The van der Waals surface area contributed by atoms with E-state index in [1.165, 1.54) is 25.7 Å². The molecule has 0 amide bonds. The summed E-state index contributed by atoms with van der Waals surface area (Å²) in [5.41, 5.74) is 6.51. The predicted octanol–water partition coefficient (Wildman–Crippen LogP) is 1.74. The van der Waals surface area contributed by atoms with Gasteiger partial charge in [0.15, 0.2) is 5.82 Å². The number of nitrogens with zero attached hydrogens (tertiary/aromatic N) is 3. The standard InChI is InChI=1S/C12H18N4S/c1-16(8-9-4-2-3-5-9)12-10(11(13)17)6-7-14-15-12/h6-7,9H,2-5,8H2,1H3,(H2,13,17). The minimum Gasteiger partial charge on any atom is -0.389 e. The SMILES string of the molecule is CN(CC1CCCC1)c1nnccc1C(N)=S. The molecule has 1 aromatic heterocycles. The van der Waals surface area contributed by atoms with Crippen molar-refractivity contribution in [3.63, 3.8) is 0 Å². The van der Waals surface area contributed by atoms with Crippen molar-refractivity contribution in [2.75, 3.05) is 18.5 Å². The van der Waals surface area contributed by atoms with E-state index in [2.05, 4.69) is 15.1 Å². The van der Waals surface area contributed by atoms with Crippen LogP contribution in [0, 0.1) is 5.92 Å². The van der Waals surface area contributed by atoms with Crippen molar-refractivity contribution >= 4 is 23.0 Å². The predicted molar refractivity (Wildman–Crippen MR) is 73.1 cm³/mol. The van der Waals surface area contributed by atoms with E-state index in [0.29, 0.717) is 4.99 Å². The van der Waals surface area contributed by atoms with Gasteiger partial charge in [-0.2, -0.15) is 5.10 Å². The number of thiocarbonyl (C=S) groups is 1. The van der Waals surface area contributed by atoms with Gasteiger partial charge in [-0.1, -0.05) is 25.1 Å². The quantitative estimate of drug-likeness (QED) is 0.825. The molecule has 0 saturated heterocycles. The number of nitrogens with two attached hydrogens (primary N) is 1. The smallest absolute Gasteiger partial charge is 0.161 e. The number of anilines is 1. The summed E-state index contributed by atoms with van der Waals surface area (Å²) in [5, 5.41) is 8.07. The lowest BCUT2D eigenvalue weighted by Gasteiger charge is -2.23. The summed E-state index contributed by atoms with van der Waals surface area (Å²) in [6, 6.07) is 1.83. The highest BCUT2D eigenvalue weighted by Crippen LogP contribution is 2.27. The number of rotatable bonds is 4. The van der Waals surface area contributed by atoms with E-state index in [9.17, 15) is 0 Å². The van der Waals surface area contributed by atoms with Crippen LogP contribution in [0.4, 0.5) is 5.82 Å². The fourth-order valence-corrected chi connectivity index (χ4v) is 2.62. The van der Waals surface area contributed by atoms with Crippen molar-refractivity contribution in [1.29, 1.82) is 0 Å². The maximum absolute atomic E-state index is 5.70. The van der Waals surface area contributed by atoms with Crippen LogP contribution < -0.4 is 10.6 Å². The van der Waals surface area contributed by atoms with E-state index >= 15 is 0 Å². The largest absolute Gasteiger partial charge is 0.389 e. The summed E-state index contributed by atoms with van der Waals surface area (Å²) in [6.07, 6.45) is 6.95. The van der Waals surface area contributed by atoms with Gasteiger partial charge in [-0.05, 0) is 24.8 Å². The van der Waals surface area contributed by atoms with Crippen molar-refractivity contribution in [3.05, 3.63) is 17.8 Å². The molecule has 1 heterocycles. The Morgan fingerprint density at radius 2 is 2.24 bits per heavy atom. The maximum Gasteiger partial charge on any atom is 0.161 e. The molecule has 2 rings (SSSR count). The molecule has 1 saturated carbocycles. The summed E-state index contributed by atoms with van der Waals surface area (Å²) in [7, 11) is 2.03. The second kappa shape index (κ2) is 5.40. The number of aromatic nitrogens is 2. The second-order valence-electron chi connectivity index (χ2n) is 4.66. The highest BCUT2D eigenvalue weighted by molar-refractivity contribution is 7.80. The summed E-state index contributed by atoms with van der Waals surface area (Å²) in [5.74, 6) is 1.56. The zero-order chi connectivity index (χ0) is 12.3. The lowest BCUT2D eigenvalue weighted by molar-refractivity contribution is 0.544. The first kappa shape index (κ1) is 12.2. The van der Waals surface area contributed by atoms with E-state index in [4.69, 9.17) is 18.0 Å². The highest BCUT2D eigenvalue weighted by atomic mass is 32.1. The van der Waals surface area contributed by atoms with Crippen LogP contribution in [0.3, 0.4) is 0 Å². The van der Waals surface area contributed by atoms with Crippen LogP contribution in [0.15, 0.2) is 12.3 Å². The van der Waals surface area contributed by atoms with Gasteiger partial charge in [-0.15, -0.1) is 5.10 Å². The molecule has 0 unspecified atom stereocenters. The molecule has 5 heteroatoms. The van der Waals surface area contributed by atoms with E-state index in [-0.39, 0.29) is 0 Å². The molecule has 0 spiro atoms. The van der Waals surface area contributed by atoms with Crippen LogP contribution >= 0.6 is 12.2 Å². The van der Waals surface area contributed by atoms with E-state index in [1.807, 2.05) is 13.1 Å². The lowest BCUT2D eigenvalue weighted by atomic mass is 10.1. The topological polar surface area (TPSA) is 55.0 Å². The van der Waals surface area contributed by atoms with Gasteiger partial charge in [0.25, 0.3) is 0 Å². The second-order valence-corrected chi connectivity index (χ2v) is 5.10. The van der Waals surface area contributed by atoms with Gasteiger partial charge in [0.2, 0.25) is 0 Å². The zero-order valence-corrected chi connectivity index (χ0v) is 10.9. The molecule has 0 atom stereocenters. The van der Waals surface area contributed by atoms with Gasteiger partial charge in [0, 0.05) is 13.6 Å². The van der Waals surface area contributed by atoms with Crippen LogP contribution in [0.1, 0.15) is 31.2 Å². The molecular weight excluding hydrogens is 232 g/mol. The van der Waals surface area contributed by atoms with Gasteiger partial charge in [0.05, 0.1) is 11.8 Å². The Bertz CT molecular complexity index is 401. The van der Waals surface area contributed by atoms with Crippen LogP contribution in [0.25, 0.3) is 0 Å². The van der Waals surface area contributed by atoms with Crippen molar-refractivity contribution in [2.45, 2.75) is 25.7 Å². The van der Waals surface area contributed by atoms with Crippen LogP contribution in [-0.4, -0.2) is 28.8 Å². The first-order valence-corrected chi connectivity index (χ1v) is 6.42.